The van der Waals surface area contributed by atoms with E-state index in [2.05, 4.69) is 64.7 Å². The largest absolute Gasteiger partial charge is 0.297 e. The minimum atomic E-state index is -0.507. The monoisotopic (exact) mass is 405 g/mol. The van der Waals surface area contributed by atoms with E-state index in [0.29, 0.717) is 35.4 Å². The molecule has 0 radical (unpaired) electrons. The van der Waals surface area contributed by atoms with Crippen LogP contribution in [0.15, 0.2) is 42.0 Å². The summed E-state index contributed by atoms with van der Waals surface area (Å²) in [4.78, 5) is 2.29. The third kappa shape index (κ3) is 8.42. The molecule has 0 fully saturated rings. The molecule has 2 atom stereocenters. The maximum absolute atomic E-state index is 13.5. The van der Waals surface area contributed by atoms with Crippen molar-refractivity contribution in [2.45, 2.75) is 80.8 Å². The van der Waals surface area contributed by atoms with Crippen molar-refractivity contribution in [1.82, 2.24) is 4.90 Å². The number of rotatable bonds is 7. The molecule has 0 aromatic heterocycles. The Morgan fingerprint density at radius 1 is 1.03 bits per heavy atom. The van der Waals surface area contributed by atoms with Gasteiger partial charge in [0.15, 0.2) is 0 Å². The van der Waals surface area contributed by atoms with E-state index >= 15 is 0 Å². The maximum atomic E-state index is 13.5. The first-order chi connectivity index (χ1) is 13.6. The molecule has 2 rings (SSSR count). The summed E-state index contributed by atoms with van der Waals surface area (Å²) in [6, 6.07) is 4.12. The van der Waals surface area contributed by atoms with Gasteiger partial charge in [-0.1, -0.05) is 59.8 Å². The summed E-state index contributed by atoms with van der Waals surface area (Å²) in [6.07, 6.45) is 9.19. The van der Waals surface area contributed by atoms with Crippen LogP contribution in [0.5, 0.6) is 0 Å². The van der Waals surface area contributed by atoms with Gasteiger partial charge >= 0.3 is 0 Å². The maximum Gasteiger partial charge on any atom is 0.126 e. The molecule has 29 heavy (non-hydrogen) atoms. The van der Waals surface area contributed by atoms with E-state index in [1.807, 2.05) is 13.8 Å². The highest BCUT2D eigenvalue weighted by atomic mass is 19.1. The molecule has 1 nitrogen and oxygen atoms in total. The summed E-state index contributed by atoms with van der Waals surface area (Å²) >= 11 is 0. The van der Waals surface area contributed by atoms with Crippen LogP contribution in [-0.4, -0.2) is 17.5 Å². The lowest BCUT2D eigenvalue weighted by Gasteiger charge is -2.31. The van der Waals surface area contributed by atoms with Gasteiger partial charge in [0.2, 0.25) is 0 Å². The Kier molecular flexibility index (Phi) is 10.3. The average molecular weight is 406 g/mol. The number of nitrogens with zero attached hydrogens (tertiary/aromatic N) is 1. The second kappa shape index (κ2) is 11.6. The molecule has 1 aromatic carbocycles. The lowest BCUT2D eigenvalue weighted by Crippen LogP contribution is -2.32. The van der Waals surface area contributed by atoms with E-state index in [9.17, 15) is 8.78 Å². The fourth-order valence-electron chi connectivity index (χ4n) is 3.63. The van der Waals surface area contributed by atoms with Crippen molar-refractivity contribution in [3.8, 4) is 0 Å². The molecule has 1 aliphatic carbocycles. The molecule has 1 aromatic rings. The second-order valence-corrected chi connectivity index (χ2v) is 9.30. The molecular formula is C26H41F2N. The van der Waals surface area contributed by atoms with Crippen LogP contribution >= 0.6 is 0 Å². The van der Waals surface area contributed by atoms with Crippen LogP contribution in [0.25, 0.3) is 0 Å². The smallest absolute Gasteiger partial charge is 0.126 e. The summed E-state index contributed by atoms with van der Waals surface area (Å²) in [6.45, 7) is 18.9. The molecule has 0 N–H and O–H groups in total. The van der Waals surface area contributed by atoms with Gasteiger partial charge in [-0.2, -0.15) is 0 Å². The van der Waals surface area contributed by atoms with E-state index in [0.717, 1.165) is 25.5 Å². The zero-order valence-corrected chi connectivity index (χ0v) is 19.7. The first kappa shape index (κ1) is 25.6. The van der Waals surface area contributed by atoms with Crippen molar-refractivity contribution in [2.24, 2.45) is 17.3 Å². The first-order valence-electron chi connectivity index (χ1n) is 11.1. The van der Waals surface area contributed by atoms with Gasteiger partial charge < -0.3 is 0 Å². The number of hydrogen-bond acceptors (Lipinski definition) is 1. The summed E-state index contributed by atoms with van der Waals surface area (Å²) in [5.74, 6) is 0.0668. The van der Waals surface area contributed by atoms with Gasteiger partial charge in [0, 0.05) is 18.7 Å². The molecule has 0 heterocycles. The van der Waals surface area contributed by atoms with Crippen molar-refractivity contribution in [3.63, 3.8) is 0 Å². The van der Waals surface area contributed by atoms with Crippen molar-refractivity contribution < 1.29 is 8.78 Å². The Bertz CT molecular complexity index is 662. The third-order valence-electron chi connectivity index (χ3n) is 5.70. The first-order valence-corrected chi connectivity index (χ1v) is 11.1. The molecule has 0 saturated heterocycles. The van der Waals surface area contributed by atoms with Crippen LogP contribution in [0.3, 0.4) is 0 Å². The standard InChI is InChI=1S/C24H35F2N.C2H6/c1-17(2)27(16-19-13-22(25)15-23(26)14-19)12-11-18(3)20-7-9-21(10-8-20)24(4,5)6;1-2/h7-9,13-15,17-18,21H,10-12,16H2,1-6H3;1-2H3. The van der Waals surface area contributed by atoms with E-state index in [1.165, 1.54) is 17.7 Å². The van der Waals surface area contributed by atoms with E-state index in [1.54, 1.807) is 0 Å². The molecule has 0 spiro atoms. The lowest BCUT2D eigenvalue weighted by atomic mass is 9.75. The zero-order valence-electron chi connectivity index (χ0n) is 19.7. The number of allylic oxidation sites excluding steroid dienone is 4. The molecule has 3 heteroatoms. The second-order valence-electron chi connectivity index (χ2n) is 9.30. The SMILES string of the molecule is CC.CC(CCN(Cc1cc(F)cc(F)c1)C(C)C)C1=CCC(C(C)(C)C)C=C1. The highest BCUT2D eigenvalue weighted by Crippen LogP contribution is 2.35. The van der Waals surface area contributed by atoms with Crippen LogP contribution in [-0.2, 0) is 6.54 Å². The average Bonchev–Trinajstić information content (AvgIpc) is 2.65. The molecule has 0 amide bonds. The Morgan fingerprint density at radius 2 is 1.62 bits per heavy atom. The fraction of sp³-hybridized carbons (Fsp3) is 0.615. The van der Waals surface area contributed by atoms with E-state index < -0.39 is 11.6 Å². The van der Waals surface area contributed by atoms with Gasteiger partial charge in [0.05, 0.1) is 0 Å². The van der Waals surface area contributed by atoms with Crippen LogP contribution in [0, 0.1) is 28.9 Å². The van der Waals surface area contributed by atoms with Crippen molar-refractivity contribution in [2.75, 3.05) is 6.54 Å². The van der Waals surface area contributed by atoms with Gasteiger partial charge in [-0.25, -0.2) is 8.78 Å². The van der Waals surface area contributed by atoms with Gasteiger partial charge in [0.25, 0.3) is 0 Å². The Labute approximate surface area is 177 Å². The van der Waals surface area contributed by atoms with Gasteiger partial charge in [-0.3, -0.25) is 4.90 Å². The topological polar surface area (TPSA) is 3.24 Å². The molecule has 0 aliphatic heterocycles. The van der Waals surface area contributed by atoms with Crippen LogP contribution < -0.4 is 0 Å². The molecule has 1 aliphatic rings. The minimum absolute atomic E-state index is 0.302. The van der Waals surface area contributed by atoms with E-state index in [-0.39, 0.29) is 0 Å². The predicted octanol–water partition coefficient (Wildman–Crippen LogP) is 7.78. The fourth-order valence-corrected chi connectivity index (χ4v) is 3.63. The number of halogens is 2. The minimum Gasteiger partial charge on any atom is -0.297 e. The normalized spacial score (nSPS) is 17.8. The summed E-state index contributed by atoms with van der Waals surface area (Å²) in [5.41, 5.74) is 2.41. The quantitative estimate of drug-likeness (QED) is 0.448. The number of hydrogen-bond donors (Lipinski definition) is 0. The Balaban J connectivity index is 0.00000204. The molecule has 0 bridgehead atoms. The van der Waals surface area contributed by atoms with Crippen molar-refractivity contribution in [1.29, 1.82) is 0 Å². The van der Waals surface area contributed by atoms with Gasteiger partial charge in [-0.05, 0) is 73.8 Å². The van der Waals surface area contributed by atoms with Crippen LogP contribution in [0.1, 0.15) is 73.8 Å². The van der Waals surface area contributed by atoms with Gasteiger partial charge in [0.1, 0.15) is 11.6 Å². The number of benzene rings is 1. The van der Waals surface area contributed by atoms with Gasteiger partial charge in [-0.15, -0.1) is 0 Å². The van der Waals surface area contributed by atoms with Crippen molar-refractivity contribution >= 4 is 0 Å². The van der Waals surface area contributed by atoms with Crippen LogP contribution in [0.4, 0.5) is 8.78 Å². The van der Waals surface area contributed by atoms with Crippen LogP contribution in [0.2, 0.25) is 0 Å². The third-order valence-corrected chi connectivity index (χ3v) is 5.70. The zero-order chi connectivity index (χ0) is 22.2. The Hall–Kier alpha value is -1.48. The van der Waals surface area contributed by atoms with E-state index in [4.69, 9.17) is 0 Å². The van der Waals surface area contributed by atoms with Crippen molar-refractivity contribution in [3.05, 3.63) is 59.2 Å². The molecule has 2 unspecified atom stereocenters. The molecule has 164 valence electrons. The predicted molar refractivity (Wildman–Crippen MR) is 122 cm³/mol. The highest BCUT2D eigenvalue weighted by molar-refractivity contribution is 5.26. The molecule has 0 saturated carbocycles. The summed E-state index contributed by atoms with van der Waals surface area (Å²) in [7, 11) is 0. The summed E-state index contributed by atoms with van der Waals surface area (Å²) < 4.78 is 27.0. The summed E-state index contributed by atoms with van der Waals surface area (Å²) in [5, 5.41) is 0. The Morgan fingerprint density at radius 3 is 2.07 bits per heavy atom. The molecular weight excluding hydrogens is 364 g/mol. The lowest BCUT2D eigenvalue weighted by molar-refractivity contribution is 0.202. The highest BCUT2D eigenvalue weighted by Gasteiger charge is 2.24.